The van der Waals surface area contributed by atoms with Crippen LogP contribution in [-0.4, -0.2) is 28.4 Å². The average molecular weight is 351 g/mol. The third kappa shape index (κ3) is 3.30. The number of aromatic nitrogens is 1. The van der Waals surface area contributed by atoms with E-state index < -0.39 is 0 Å². The largest absolute Gasteiger partial charge is 0.298 e. The van der Waals surface area contributed by atoms with E-state index in [9.17, 15) is 4.79 Å². The molecule has 25 heavy (non-hydrogen) atoms. The van der Waals surface area contributed by atoms with Gasteiger partial charge in [-0.25, -0.2) is 4.98 Å². The summed E-state index contributed by atoms with van der Waals surface area (Å²) >= 11 is 1.60. The van der Waals surface area contributed by atoms with E-state index in [4.69, 9.17) is 0 Å². The first kappa shape index (κ1) is 16.2. The molecule has 0 fully saturated rings. The van der Waals surface area contributed by atoms with Gasteiger partial charge < -0.3 is 0 Å². The van der Waals surface area contributed by atoms with Gasteiger partial charge >= 0.3 is 0 Å². The van der Waals surface area contributed by atoms with E-state index in [2.05, 4.69) is 29.0 Å². The third-order valence-electron chi connectivity index (χ3n) is 4.72. The van der Waals surface area contributed by atoms with Crippen molar-refractivity contribution >= 4 is 33.1 Å². The number of rotatable bonds is 3. The standard InChI is InChI=1S/C20H21N3OS/c1-13(2)23-10-9-17-18(12-23)25-20(21-17)22-19(24)16-8-7-14-5-3-4-6-15(14)11-16/h3-8,11,13H,9-10,12H2,1-2H3,(H,21,22,24). The molecule has 0 unspecified atom stereocenters. The summed E-state index contributed by atoms with van der Waals surface area (Å²) in [6.45, 7) is 6.39. The van der Waals surface area contributed by atoms with E-state index in [-0.39, 0.29) is 5.91 Å². The molecule has 128 valence electrons. The van der Waals surface area contributed by atoms with Gasteiger partial charge in [-0.05, 0) is 36.8 Å². The second kappa shape index (κ2) is 6.58. The molecule has 1 aromatic heterocycles. The molecule has 5 heteroatoms. The SMILES string of the molecule is CC(C)N1CCc2nc(NC(=O)c3ccc4ccccc4c3)sc2C1. The first-order valence-corrected chi connectivity index (χ1v) is 9.44. The van der Waals surface area contributed by atoms with Crippen molar-refractivity contribution in [2.24, 2.45) is 0 Å². The second-order valence-corrected chi connectivity index (χ2v) is 7.80. The van der Waals surface area contributed by atoms with Gasteiger partial charge in [0.05, 0.1) is 5.69 Å². The monoisotopic (exact) mass is 351 g/mol. The number of thiazole rings is 1. The number of benzene rings is 2. The Balaban J connectivity index is 1.53. The highest BCUT2D eigenvalue weighted by Gasteiger charge is 2.22. The first-order chi connectivity index (χ1) is 12.1. The number of nitrogens with zero attached hydrogens (tertiary/aromatic N) is 2. The van der Waals surface area contributed by atoms with Gasteiger partial charge in [-0.3, -0.25) is 15.0 Å². The Labute approximate surface area is 151 Å². The molecule has 4 nitrogen and oxygen atoms in total. The average Bonchev–Trinajstić information content (AvgIpc) is 3.02. The molecule has 0 spiro atoms. The van der Waals surface area contributed by atoms with E-state index >= 15 is 0 Å². The van der Waals surface area contributed by atoms with Crippen LogP contribution in [0.2, 0.25) is 0 Å². The maximum atomic E-state index is 12.6. The predicted octanol–water partition coefficient (Wildman–Crippen LogP) is 4.32. The van der Waals surface area contributed by atoms with Gasteiger partial charge in [-0.2, -0.15) is 0 Å². The highest BCUT2D eigenvalue weighted by Crippen LogP contribution is 2.29. The second-order valence-electron chi connectivity index (χ2n) is 6.72. The normalized spacial score (nSPS) is 14.7. The Morgan fingerprint density at radius 2 is 2.00 bits per heavy atom. The van der Waals surface area contributed by atoms with Gasteiger partial charge in [0.1, 0.15) is 0 Å². The number of hydrogen-bond donors (Lipinski definition) is 1. The fourth-order valence-corrected chi connectivity index (χ4v) is 4.24. The van der Waals surface area contributed by atoms with Crippen LogP contribution in [0.3, 0.4) is 0 Å². The van der Waals surface area contributed by atoms with Gasteiger partial charge in [0, 0.05) is 36.0 Å². The maximum absolute atomic E-state index is 12.6. The highest BCUT2D eigenvalue weighted by atomic mass is 32.1. The quantitative estimate of drug-likeness (QED) is 0.764. The summed E-state index contributed by atoms with van der Waals surface area (Å²) in [6.07, 6.45) is 0.954. The Bertz CT molecular complexity index is 932. The summed E-state index contributed by atoms with van der Waals surface area (Å²) in [5.41, 5.74) is 1.80. The van der Waals surface area contributed by atoms with E-state index in [0.717, 1.165) is 36.0 Å². The van der Waals surface area contributed by atoms with Crippen molar-refractivity contribution in [1.82, 2.24) is 9.88 Å². The van der Waals surface area contributed by atoms with Crippen LogP contribution in [-0.2, 0) is 13.0 Å². The molecule has 1 aliphatic rings. The van der Waals surface area contributed by atoms with Crippen LogP contribution >= 0.6 is 11.3 Å². The van der Waals surface area contributed by atoms with Crippen LogP contribution in [0.15, 0.2) is 42.5 Å². The zero-order valence-corrected chi connectivity index (χ0v) is 15.3. The minimum Gasteiger partial charge on any atom is -0.298 e. The van der Waals surface area contributed by atoms with E-state index in [1.54, 1.807) is 11.3 Å². The Hall–Kier alpha value is -2.24. The summed E-state index contributed by atoms with van der Waals surface area (Å²) in [5, 5.41) is 5.88. The molecule has 2 heterocycles. The van der Waals surface area contributed by atoms with Gasteiger partial charge in [0.25, 0.3) is 5.91 Å². The van der Waals surface area contributed by atoms with Crippen molar-refractivity contribution in [3.63, 3.8) is 0 Å². The number of hydrogen-bond acceptors (Lipinski definition) is 4. The molecule has 1 aliphatic heterocycles. The molecule has 1 N–H and O–H groups in total. The zero-order chi connectivity index (χ0) is 17.4. The van der Waals surface area contributed by atoms with Gasteiger partial charge in [-0.15, -0.1) is 11.3 Å². The fourth-order valence-electron chi connectivity index (χ4n) is 3.21. The molecule has 0 radical (unpaired) electrons. The van der Waals surface area contributed by atoms with Crippen LogP contribution in [0.5, 0.6) is 0 Å². The lowest BCUT2D eigenvalue weighted by Crippen LogP contribution is -2.35. The zero-order valence-electron chi connectivity index (χ0n) is 14.5. The molecule has 4 rings (SSSR count). The van der Waals surface area contributed by atoms with Crippen LogP contribution in [0.25, 0.3) is 10.8 Å². The van der Waals surface area contributed by atoms with E-state index in [1.165, 1.54) is 4.88 Å². The van der Waals surface area contributed by atoms with Crippen LogP contribution < -0.4 is 5.32 Å². The van der Waals surface area contributed by atoms with E-state index in [1.807, 2.05) is 42.5 Å². The van der Waals surface area contributed by atoms with Gasteiger partial charge in [0.2, 0.25) is 0 Å². The summed E-state index contributed by atoms with van der Waals surface area (Å²) in [7, 11) is 0. The lowest BCUT2D eigenvalue weighted by molar-refractivity contribution is 0.102. The first-order valence-electron chi connectivity index (χ1n) is 8.63. The Kier molecular flexibility index (Phi) is 4.27. The number of nitrogens with one attached hydrogen (secondary N) is 1. The topological polar surface area (TPSA) is 45.2 Å². The molecule has 0 aliphatic carbocycles. The van der Waals surface area contributed by atoms with E-state index in [0.29, 0.717) is 16.7 Å². The van der Waals surface area contributed by atoms with Crippen molar-refractivity contribution in [3.8, 4) is 0 Å². The van der Waals surface area contributed by atoms with Gasteiger partial charge in [-0.1, -0.05) is 30.3 Å². The maximum Gasteiger partial charge on any atom is 0.257 e. The van der Waals surface area contributed by atoms with Crippen molar-refractivity contribution in [1.29, 1.82) is 0 Å². The van der Waals surface area contributed by atoms with Crippen molar-refractivity contribution in [3.05, 3.63) is 58.6 Å². The summed E-state index contributed by atoms with van der Waals surface area (Å²) in [5.74, 6) is -0.0995. The van der Waals surface area contributed by atoms with Crippen LogP contribution in [0.1, 0.15) is 34.8 Å². The predicted molar refractivity (Wildman–Crippen MR) is 103 cm³/mol. The summed E-state index contributed by atoms with van der Waals surface area (Å²) in [4.78, 5) is 20.9. The molecule has 3 aromatic rings. The lowest BCUT2D eigenvalue weighted by atomic mass is 10.1. The molecule has 1 amide bonds. The summed E-state index contributed by atoms with van der Waals surface area (Å²) in [6, 6.07) is 14.4. The molecule has 0 saturated heterocycles. The van der Waals surface area contributed by atoms with Crippen LogP contribution in [0.4, 0.5) is 5.13 Å². The highest BCUT2D eigenvalue weighted by molar-refractivity contribution is 7.15. The van der Waals surface area contributed by atoms with Gasteiger partial charge in [0.15, 0.2) is 5.13 Å². The molecular weight excluding hydrogens is 330 g/mol. The molecule has 0 saturated carbocycles. The molecule has 2 aromatic carbocycles. The Morgan fingerprint density at radius 1 is 1.20 bits per heavy atom. The fraction of sp³-hybridized carbons (Fsp3) is 0.300. The molecule has 0 atom stereocenters. The number of fused-ring (bicyclic) bond motifs is 2. The Morgan fingerprint density at radius 3 is 2.80 bits per heavy atom. The smallest absolute Gasteiger partial charge is 0.257 e. The third-order valence-corrected chi connectivity index (χ3v) is 5.72. The molecular formula is C20H21N3OS. The molecule has 0 bridgehead atoms. The number of amides is 1. The van der Waals surface area contributed by atoms with Crippen molar-refractivity contribution < 1.29 is 4.79 Å². The number of carbonyl (C=O) groups excluding carboxylic acids is 1. The van der Waals surface area contributed by atoms with Crippen molar-refractivity contribution in [2.75, 3.05) is 11.9 Å². The summed E-state index contributed by atoms with van der Waals surface area (Å²) < 4.78 is 0. The minimum absolute atomic E-state index is 0.0995. The van der Waals surface area contributed by atoms with Crippen molar-refractivity contribution in [2.45, 2.75) is 32.9 Å². The lowest BCUT2D eigenvalue weighted by Gasteiger charge is -2.29. The minimum atomic E-state index is -0.0995. The number of carbonyl (C=O) groups is 1. The number of anilines is 1. The van der Waals surface area contributed by atoms with Crippen LogP contribution in [0, 0.1) is 0 Å².